The molecule has 1 aromatic rings. The van der Waals surface area contributed by atoms with Crippen molar-refractivity contribution in [2.75, 3.05) is 0 Å². The van der Waals surface area contributed by atoms with Crippen LogP contribution >= 0.6 is 0 Å². The molecule has 0 aromatic heterocycles. The summed E-state index contributed by atoms with van der Waals surface area (Å²) in [5.74, 6) is 0.374. The van der Waals surface area contributed by atoms with Crippen molar-refractivity contribution in [3.63, 3.8) is 0 Å². The minimum atomic E-state index is 0.374. The molecular weight excluding hydrogens is 448 g/mol. The third kappa shape index (κ3) is 25.1. The van der Waals surface area contributed by atoms with Crippen LogP contribution in [0.1, 0.15) is 192 Å². The van der Waals surface area contributed by atoms with Crippen molar-refractivity contribution in [1.82, 2.24) is 0 Å². The van der Waals surface area contributed by atoms with Gasteiger partial charge in [-0.1, -0.05) is 192 Å². The zero-order valence-electron chi connectivity index (χ0n) is 25.3. The van der Waals surface area contributed by atoms with Crippen molar-refractivity contribution in [2.45, 2.75) is 193 Å². The lowest BCUT2D eigenvalue weighted by atomic mass is 10.0. The summed E-state index contributed by atoms with van der Waals surface area (Å²) in [4.78, 5) is 0. The number of unbranched alkanes of at least 4 members (excludes halogenated alkanes) is 27. The molecule has 37 heavy (non-hydrogen) atoms. The summed E-state index contributed by atoms with van der Waals surface area (Å²) < 4.78 is 0. The van der Waals surface area contributed by atoms with E-state index in [1.54, 1.807) is 12.1 Å². The van der Waals surface area contributed by atoms with Crippen LogP contribution in [0.15, 0.2) is 24.3 Å². The highest BCUT2D eigenvalue weighted by molar-refractivity contribution is 5.25. The Morgan fingerprint density at radius 2 is 0.595 bits per heavy atom. The lowest BCUT2D eigenvalue weighted by molar-refractivity contribution is 0.475. The predicted molar refractivity (Wildman–Crippen MR) is 167 cm³/mol. The Kier molecular flexibility index (Phi) is 25.8. The van der Waals surface area contributed by atoms with Crippen molar-refractivity contribution in [3.8, 4) is 5.75 Å². The standard InChI is InChI=1S/C36H66O/c1-2-3-4-5-6-7-8-9-10-11-12-13-14-15-16-17-18-19-20-21-22-23-24-25-26-27-28-29-30-35-31-33-36(37)34-32-35/h31-34,37H,2-30H2,1H3. The predicted octanol–water partition coefficient (Wildman–Crippen LogP) is 12.9. The number of aryl methyl sites for hydroxylation is 1. The summed E-state index contributed by atoms with van der Waals surface area (Å²) in [7, 11) is 0. The third-order valence-electron chi connectivity index (χ3n) is 8.26. The number of phenolic OH excluding ortho intramolecular Hbond substituents is 1. The van der Waals surface area contributed by atoms with E-state index < -0.39 is 0 Å². The maximum atomic E-state index is 9.33. The van der Waals surface area contributed by atoms with E-state index in [9.17, 15) is 5.11 Å². The normalized spacial score (nSPS) is 11.4. The molecular formula is C36H66O. The monoisotopic (exact) mass is 515 g/mol. The Labute approximate surface area is 233 Å². The first-order chi connectivity index (χ1) is 18.3. The maximum Gasteiger partial charge on any atom is 0.115 e. The summed E-state index contributed by atoms with van der Waals surface area (Å²) in [6, 6.07) is 7.71. The summed E-state index contributed by atoms with van der Waals surface area (Å²) in [6.07, 6.45) is 41.8. The lowest BCUT2D eigenvalue weighted by Gasteiger charge is -2.05. The zero-order valence-corrected chi connectivity index (χ0v) is 25.3. The number of benzene rings is 1. The molecule has 0 saturated heterocycles. The molecule has 1 nitrogen and oxygen atoms in total. The van der Waals surface area contributed by atoms with Crippen molar-refractivity contribution < 1.29 is 5.11 Å². The molecule has 0 aliphatic heterocycles. The van der Waals surface area contributed by atoms with E-state index in [-0.39, 0.29) is 0 Å². The van der Waals surface area contributed by atoms with Gasteiger partial charge in [-0.15, -0.1) is 0 Å². The molecule has 216 valence electrons. The van der Waals surface area contributed by atoms with Gasteiger partial charge in [0.15, 0.2) is 0 Å². The van der Waals surface area contributed by atoms with Gasteiger partial charge >= 0.3 is 0 Å². The van der Waals surface area contributed by atoms with Gasteiger partial charge in [0.25, 0.3) is 0 Å². The highest BCUT2D eigenvalue weighted by Crippen LogP contribution is 2.17. The summed E-state index contributed by atoms with van der Waals surface area (Å²) >= 11 is 0. The van der Waals surface area contributed by atoms with Gasteiger partial charge in [-0.2, -0.15) is 0 Å². The molecule has 0 atom stereocenters. The van der Waals surface area contributed by atoms with Crippen molar-refractivity contribution in [2.24, 2.45) is 0 Å². The van der Waals surface area contributed by atoms with E-state index in [0.717, 1.165) is 6.42 Å². The molecule has 0 saturated carbocycles. The maximum absolute atomic E-state index is 9.33. The van der Waals surface area contributed by atoms with E-state index in [4.69, 9.17) is 0 Å². The molecule has 0 aliphatic carbocycles. The van der Waals surface area contributed by atoms with Crippen LogP contribution in [0.3, 0.4) is 0 Å². The molecule has 1 heteroatoms. The topological polar surface area (TPSA) is 20.2 Å². The second kappa shape index (κ2) is 28.0. The molecule has 0 fully saturated rings. The Bertz CT molecular complexity index is 548. The van der Waals surface area contributed by atoms with Crippen LogP contribution < -0.4 is 0 Å². The highest BCUT2D eigenvalue weighted by Gasteiger charge is 1.97. The van der Waals surface area contributed by atoms with Crippen molar-refractivity contribution in [1.29, 1.82) is 0 Å². The number of aromatic hydroxyl groups is 1. The smallest absolute Gasteiger partial charge is 0.115 e. The Morgan fingerprint density at radius 1 is 0.351 bits per heavy atom. The molecule has 1 N–H and O–H groups in total. The van der Waals surface area contributed by atoms with Crippen LogP contribution in [0.4, 0.5) is 0 Å². The second-order valence-corrected chi connectivity index (χ2v) is 12.0. The summed E-state index contributed by atoms with van der Waals surface area (Å²) in [5, 5.41) is 9.33. The van der Waals surface area contributed by atoms with Crippen LogP contribution in [0.25, 0.3) is 0 Å². The van der Waals surface area contributed by atoms with Crippen LogP contribution in [0.2, 0.25) is 0 Å². The minimum absolute atomic E-state index is 0.374. The van der Waals surface area contributed by atoms with Gasteiger partial charge in [0.2, 0.25) is 0 Å². The molecule has 0 amide bonds. The summed E-state index contributed by atoms with van der Waals surface area (Å²) in [5.41, 5.74) is 1.35. The fraction of sp³-hybridized carbons (Fsp3) is 0.833. The first-order valence-electron chi connectivity index (χ1n) is 17.1. The lowest BCUT2D eigenvalue weighted by Crippen LogP contribution is -1.86. The molecule has 0 bridgehead atoms. The van der Waals surface area contributed by atoms with E-state index in [1.165, 1.54) is 185 Å². The van der Waals surface area contributed by atoms with Gasteiger partial charge in [0.05, 0.1) is 0 Å². The minimum Gasteiger partial charge on any atom is -0.508 e. The molecule has 1 rings (SSSR count). The molecule has 0 unspecified atom stereocenters. The highest BCUT2D eigenvalue weighted by atomic mass is 16.3. The molecule has 1 aromatic carbocycles. The third-order valence-corrected chi connectivity index (χ3v) is 8.26. The second-order valence-electron chi connectivity index (χ2n) is 12.0. The van der Waals surface area contributed by atoms with Gasteiger partial charge in [-0.05, 0) is 30.5 Å². The van der Waals surface area contributed by atoms with Crippen LogP contribution in [0, 0.1) is 0 Å². The fourth-order valence-electron chi connectivity index (χ4n) is 5.66. The summed E-state index contributed by atoms with van der Waals surface area (Å²) in [6.45, 7) is 2.30. The largest absolute Gasteiger partial charge is 0.508 e. The zero-order chi connectivity index (χ0) is 26.5. The number of phenols is 1. The van der Waals surface area contributed by atoms with E-state index in [2.05, 4.69) is 19.1 Å². The fourth-order valence-corrected chi connectivity index (χ4v) is 5.66. The number of rotatable bonds is 29. The van der Waals surface area contributed by atoms with Gasteiger partial charge in [-0.3, -0.25) is 0 Å². The van der Waals surface area contributed by atoms with Crippen molar-refractivity contribution in [3.05, 3.63) is 29.8 Å². The molecule has 0 radical (unpaired) electrons. The number of hydrogen-bond donors (Lipinski definition) is 1. The molecule has 0 aliphatic rings. The Hall–Kier alpha value is -0.980. The Balaban J connectivity index is 1.64. The Morgan fingerprint density at radius 3 is 0.865 bits per heavy atom. The van der Waals surface area contributed by atoms with Crippen LogP contribution in [-0.4, -0.2) is 5.11 Å². The van der Waals surface area contributed by atoms with E-state index >= 15 is 0 Å². The first kappa shape index (κ1) is 34.0. The van der Waals surface area contributed by atoms with E-state index in [0.29, 0.717) is 5.75 Å². The van der Waals surface area contributed by atoms with Gasteiger partial charge in [-0.25, -0.2) is 0 Å². The quantitative estimate of drug-likeness (QED) is 0.105. The van der Waals surface area contributed by atoms with Gasteiger partial charge in [0.1, 0.15) is 5.75 Å². The van der Waals surface area contributed by atoms with Crippen LogP contribution in [-0.2, 0) is 6.42 Å². The SMILES string of the molecule is CCCCCCCCCCCCCCCCCCCCCCCCCCCCCCc1ccc(O)cc1. The molecule has 0 heterocycles. The van der Waals surface area contributed by atoms with Gasteiger partial charge < -0.3 is 5.11 Å². The van der Waals surface area contributed by atoms with E-state index in [1.807, 2.05) is 0 Å². The molecule has 0 spiro atoms. The van der Waals surface area contributed by atoms with Crippen molar-refractivity contribution >= 4 is 0 Å². The average molecular weight is 515 g/mol. The average Bonchev–Trinajstić information content (AvgIpc) is 2.91. The number of hydrogen-bond acceptors (Lipinski definition) is 1. The first-order valence-corrected chi connectivity index (χ1v) is 17.1. The van der Waals surface area contributed by atoms with Gasteiger partial charge in [0, 0.05) is 0 Å². The van der Waals surface area contributed by atoms with Crippen LogP contribution in [0.5, 0.6) is 5.75 Å².